The standard InChI is InChI=1S/C18H39N.CHNS/c1-2-3-4-5-6-7-8-9-10-11-12-13-14-15-16-17-18-19;2-1-3/h2-19H2,1H3;2H. The zero-order valence-corrected chi connectivity index (χ0v) is 15.8. The third-order valence-electron chi connectivity index (χ3n) is 4.06. The van der Waals surface area contributed by atoms with Crippen molar-refractivity contribution in [3.8, 4) is 0 Å². The smallest absolute Gasteiger partial charge is 0.0554 e. The van der Waals surface area contributed by atoms with E-state index in [1.807, 2.05) is 0 Å². The molecule has 0 aliphatic carbocycles. The highest BCUT2D eigenvalue weighted by Gasteiger charge is 1.94. The summed E-state index contributed by atoms with van der Waals surface area (Å²) in [6, 6.07) is 0. The Morgan fingerprint density at radius 3 is 1.09 bits per heavy atom. The van der Waals surface area contributed by atoms with Crippen LogP contribution in [0.2, 0.25) is 0 Å². The summed E-state index contributed by atoms with van der Waals surface area (Å²) in [5.74, 6) is 0. The monoisotopic (exact) mass is 328 g/mol. The molecule has 0 spiro atoms. The van der Waals surface area contributed by atoms with Crippen LogP contribution in [-0.2, 0) is 0 Å². The lowest BCUT2D eigenvalue weighted by molar-refractivity contribution is 0.530. The molecule has 0 aromatic heterocycles. The van der Waals surface area contributed by atoms with Crippen molar-refractivity contribution in [1.82, 2.24) is 0 Å². The van der Waals surface area contributed by atoms with E-state index in [0.29, 0.717) is 0 Å². The molecule has 2 nitrogen and oxygen atoms in total. The van der Waals surface area contributed by atoms with Gasteiger partial charge in [0.25, 0.3) is 0 Å². The van der Waals surface area contributed by atoms with Crippen molar-refractivity contribution in [2.45, 2.75) is 110 Å². The first kappa shape index (κ1) is 24.0. The summed E-state index contributed by atoms with van der Waals surface area (Å²) in [6.45, 7) is 3.16. The molecular formula is C19H40N2S. The van der Waals surface area contributed by atoms with Crippen molar-refractivity contribution in [3.05, 3.63) is 0 Å². The van der Waals surface area contributed by atoms with Gasteiger partial charge in [0.15, 0.2) is 0 Å². The van der Waals surface area contributed by atoms with Crippen molar-refractivity contribution < 1.29 is 0 Å². The molecule has 0 saturated carbocycles. The van der Waals surface area contributed by atoms with Gasteiger partial charge in [-0.2, -0.15) is 0 Å². The van der Waals surface area contributed by atoms with E-state index >= 15 is 0 Å². The third-order valence-corrected chi connectivity index (χ3v) is 4.06. The maximum atomic E-state index is 5.77. The van der Waals surface area contributed by atoms with Crippen LogP contribution in [0.5, 0.6) is 0 Å². The summed E-state index contributed by atoms with van der Waals surface area (Å²) >= 11 is 3.81. The van der Waals surface area contributed by atoms with Gasteiger partial charge < -0.3 is 5.73 Å². The number of hydrogen-bond acceptors (Lipinski definition) is 3. The van der Waals surface area contributed by atoms with Crippen LogP contribution in [0.15, 0.2) is 0 Å². The highest BCUT2D eigenvalue weighted by atomic mass is 32.1. The number of isothiocyanates is 1. The molecular weight excluding hydrogens is 288 g/mol. The first-order valence-corrected chi connectivity index (χ1v) is 9.98. The van der Waals surface area contributed by atoms with Gasteiger partial charge in [0.05, 0.1) is 5.16 Å². The van der Waals surface area contributed by atoms with Crippen LogP contribution < -0.4 is 5.73 Å². The van der Waals surface area contributed by atoms with Crippen LogP contribution in [0.25, 0.3) is 0 Å². The van der Waals surface area contributed by atoms with Gasteiger partial charge in [0, 0.05) is 0 Å². The average molecular weight is 329 g/mol. The second-order valence-electron chi connectivity index (χ2n) is 6.19. The second-order valence-corrected chi connectivity index (χ2v) is 6.40. The molecule has 0 unspecified atom stereocenters. The lowest BCUT2D eigenvalue weighted by Gasteiger charge is -2.03. The maximum Gasteiger partial charge on any atom is 0.0554 e. The zero-order chi connectivity index (χ0) is 16.7. The molecule has 0 radical (unpaired) electrons. The van der Waals surface area contributed by atoms with Crippen LogP contribution in [-0.4, -0.2) is 11.7 Å². The molecule has 0 heterocycles. The molecule has 3 heteroatoms. The Morgan fingerprint density at radius 2 is 0.864 bits per heavy atom. The SMILES string of the molecule is CCCCCCCCCCCCCCCCCCN.N=C=S. The molecule has 0 aromatic rings. The van der Waals surface area contributed by atoms with E-state index in [1.165, 1.54) is 103 Å². The van der Waals surface area contributed by atoms with Crippen molar-refractivity contribution >= 4 is 17.4 Å². The Hall–Kier alpha value is -0.240. The van der Waals surface area contributed by atoms with Crippen LogP contribution in [0.1, 0.15) is 110 Å². The van der Waals surface area contributed by atoms with Crippen molar-refractivity contribution in [3.63, 3.8) is 0 Å². The first-order chi connectivity index (χ1) is 10.8. The van der Waals surface area contributed by atoms with E-state index in [-0.39, 0.29) is 0 Å². The Labute approximate surface area is 145 Å². The Balaban J connectivity index is 0. The Bertz CT molecular complexity index is 197. The van der Waals surface area contributed by atoms with E-state index in [0.717, 1.165) is 6.54 Å². The van der Waals surface area contributed by atoms with Gasteiger partial charge in [-0.25, -0.2) is 5.41 Å². The minimum Gasteiger partial charge on any atom is -0.330 e. The van der Waals surface area contributed by atoms with Gasteiger partial charge in [0.1, 0.15) is 0 Å². The predicted octanol–water partition coefficient (Wildman–Crippen LogP) is 6.87. The third kappa shape index (κ3) is 28.0. The molecule has 0 fully saturated rings. The number of nitrogens with two attached hydrogens (primary N) is 1. The number of unbranched alkanes of at least 4 members (excludes halogenated alkanes) is 15. The minimum absolute atomic E-state index is 0.873. The van der Waals surface area contributed by atoms with Gasteiger partial charge in [-0.15, -0.1) is 0 Å². The molecule has 132 valence electrons. The quantitative estimate of drug-likeness (QED) is 0.184. The number of thiocarbonyl (C=S) groups is 1. The molecule has 0 saturated heterocycles. The number of hydrogen-bond donors (Lipinski definition) is 2. The summed E-state index contributed by atoms with van der Waals surface area (Å²) in [5, 5.41) is 7.36. The molecule has 22 heavy (non-hydrogen) atoms. The molecule has 3 N–H and O–H groups in total. The second kappa shape index (κ2) is 25.7. The van der Waals surface area contributed by atoms with Crippen LogP contribution in [0.4, 0.5) is 0 Å². The summed E-state index contributed by atoms with van der Waals surface area (Å²) in [6.07, 6.45) is 22.9. The van der Waals surface area contributed by atoms with Crippen molar-refractivity contribution in [2.24, 2.45) is 5.73 Å². The lowest BCUT2D eigenvalue weighted by Crippen LogP contribution is -1.97. The Kier molecular flexibility index (Phi) is 28.1. The van der Waals surface area contributed by atoms with E-state index in [4.69, 9.17) is 11.1 Å². The largest absolute Gasteiger partial charge is 0.330 e. The summed E-state index contributed by atoms with van der Waals surface area (Å²) in [7, 11) is 0. The first-order valence-electron chi connectivity index (χ1n) is 9.57. The molecule has 0 aromatic carbocycles. The van der Waals surface area contributed by atoms with Crippen molar-refractivity contribution in [1.29, 1.82) is 5.41 Å². The number of nitrogens with one attached hydrogen (secondary N) is 1. The topological polar surface area (TPSA) is 49.9 Å². The van der Waals surface area contributed by atoms with Crippen LogP contribution in [0, 0.1) is 5.41 Å². The normalized spacial score (nSPS) is 9.91. The molecule has 0 amide bonds. The van der Waals surface area contributed by atoms with E-state index in [1.54, 1.807) is 5.16 Å². The summed E-state index contributed by atoms with van der Waals surface area (Å²) < 4.78 is 0. The van der Waals surface area contributed by atoms with Gasteiger partial charge in [0.2, 0.25) is 0 Å². The Morgan fingerprint density at radius 1 is 0.636 bits per heavy atom. The van der Waals surface area contributed by atoms with E-state index < -0.39 is 0 Å². The fourth-order valence-corrected chi connectivity index (χ4v) is 2.69. The number of rotatable bonds is 16. The predicted molar refractivity (Wildman–Crippen MR) is 104 cm³/mol. The fourth-order valence-electron chi connectivity index (χ4n) is 2.69. The molecule has 0 bridgehead atoms. The molecule has 0 rings (SSSR count). The highest BCUT2D eigenvalue weighted by Crippen LogP contribution is 2.13. The molecule has 0 aliphatic heterocycles. The minimum atomic E-state index is 0.873. The molecule has 0 atom stereocenters. The van der Waals surface area contributed by atoms with Gasteiger partial charge in [-0.05, 0) is 25.2 Å². The van der Waals surface area contributed by atoms with Gasteiger partial charge >= 0.3 is 0 Å². The highest BCUT2D eigenvalue weighted by molar-refractivity contribution is 7.78. The van der Waals surface area contributed by atoms with Gasteiger partial charge in [-0.3, -0.25) is 0 Å². The fraction of sp³-hybridized carbons (Fsp3) is 0.947. The summed E-state index contributed by atoms with van der Waals surface area (Å²) in [5.41, 5.74) is 5.48. The van der Waals surface area contributed by atoms with E-state index in [9.17, 15) is 0 Å². The summed E-state index contributed by atoms with van der Waals surface area (Å²) in [4.78, 5) is 0. The van der Waals surface area contributed by atoms with Crippen molar-refractivity contribution in [2.75, 3.05) is 6.54 Å². The maximum absolute atomic E-state index is 5.77. The molecule has 0 aliphatic rings. The van der Waals surface area contributed by atoms with Gasteiger partial charge in [-0.1, -0.05) is 103 Å². The lowest BCUT2D eigenvalue weighted by atomic mass is 10.0. The van der Waals surface area contributed by atoms with Crippen LogP contribution >= 0.6 is 12.2 Å². The van der Waals surface area contributed by atoms with Crippen LogP contribution in [0.3, 0.4) is 0 Å². The zero-order valence-electron chi connectivity index (χ0n) is 15.0. The average Bonchev–Trinajstić information content (AvgIpc) is 2.52. The van der Waals surface area contributed by atoms with E-state index in [2.05, 4.69) is 19.1 Å².